The first-order chi connectivity index (χ1) is 29.0. The van der Waals surface area contributed by atoms with Crippen molar-refractivity contribution in [1.82, 2.24) is 19.5 Å². The Kier molecular flexibility index (Phi) is 11.8. The summed E-state index contributed by atoms with van der Waals surface area (Å²) in [5, 5.41) is 1.97. The van der Waals surface area contributed by atoms with Gasteiger partial charge < -0.3 is 8.98 Å². The molecule has 6 aromatic carbocycles. The van der Waals surface area contributed by atoms with Crippen molar-refractivity contribution in [1.29, 1.82) is 0 Å². The Labute approximate surface area is 374 Å². The Morgan fingerprint density at radius 2 is 1.31 bits per heavy atom. The molecule has 5 nitrogen and oxygen atoms in total. The van der Waals surface area contributed by atoms with Crippen LogP contribution in [0.2, 0.25) is 17.3 Å². The number of furan rings is 1. The molecule has 1 radical (unpaired) electrons. The minimum absolute atomic E-state index is 0. The topological polar surface area (TPSA) is 56.7 Å². The van der Waals surface area contributed by atoms with E-state index in [0.29, 0.717) is 5.71 Å². The zero-order chi connectivity index (χ0) is 41.4. The van der Waals surface area contributed by atoms with Crippen LogP contribution in [0.1, 0.15) is 26.3 Å². The van der Waals surface area contributed by atoms with E-state index in [1.165, 1.54) is 21.1 Å². The molecule has 0 aliphatic rings. The van der Waals surface area contributed by atoms with Gasteiger partial charge in [-0.15, -0.1) is 18.2 Å². The van der Waals surface area contributed by atoms with Gasteiger partial charge >= 0.3 is 99.8 Å². The number of fused-ring (bicyclic) bond motifs is 4. The smallest absolute Gasteiger partial charge is 0 e. The Hall–Kier alpha value is -5.92. The van der Waals surface area contributed by atoms with Gasteiger partial charge in [-0.05, 0) is 58.5 Å². The van der Waals surface area contributed by atoms with Gasteiger partial charge in [0.15, 0.2) is 0 Å². The summed E-state index contributed by atoms with van der Waals surface area (Å²) in [6.07, 6.45) is 2.04. The monoisotopic (exact) mass is 1030 g/mol. The van der Waals surface area contributed by atoms with Crippen molar-refractivity contribution in [2.75, 3.05) is 0 Å². The normalized spacial score (nSPS) is 11.6. The Morgan fingerprint density at radius 1 is 0.607 bits per heavy atom. The molecule has 0 saturated heterocycles. The van der Waals surface area contributed by atoms with Gasteiger partial charge in [0.05, 0.1) is 28.1 Å². The number of benzene rings is 6. The molecule has 0 fully saturated rings. The van der Waals surface area contributed by atoms with Gasteiger partial charge in [-0.2, -0.15) is 0 Å². The van der Waals surface area contributed by atoms with E-state index in [1.807, 2.05) is 60.8 Å². The van der Waals surface area contributed by atoms with Gasteiger partial charge in [-0.25, -0.2) is 4.98 Å². The Morgan fingerprint density at radius 3 is 2.00 bits per heavy atom. The summed E-state index contributed by atoms with van der Waals surface area (Å²) in [6.45, 7) is 6.80. The number of aromatic nitrogens is 4. The average molecular weight is 1030 g/mol. The van der Waals surface area contributed by atoms with Crippen LogP contribution in [0.3, 0.4) is 0 Å². The summed E-state index contributed by atoms with van der Waals surface area (Å²) in [4.78, 5) is 14.6. The van der Waals surface area contributed by atoms with Crippen LogP contribution in [0.15, 0.2) is 174 Å². The maximum atomic E-state index is 6.57. The summed E-state index contributed by atoms with van der Waals surface area (Å²) >= 11 is -1.72. The van der Waals surface area contributed by atoms with Crippen molar-refractivity contribution in [2.45, 2.75) is 43.5 Å². The van der Waals surface area contributed by atoms with Gasteiger partial charge in [-0.3, -0.25) is 4.98 Å². The maximum Gasteiger partial charge on any atom is 0 e. The van der Waals surface area contributed by atoms with Crippen LogP contribution in [-0.2, 0) is 25.5 Å². The molecule has 0 amide bonds. The zero-order valence-electron chi connectivity index (χ0n) is 35.2. The average Bonchev–Trinajstić information content (AvgIpc) is 3.85. The summed E-state index contributed by atoms with van der Waals surface area (Å²) in [6, 6.07) is 63.0. The number of imidazole rings is 1. The van der Waals surface area contributed by atoms with Crippen LogP contribution in [0.25, 0.3) is 83.8 Å². The van der Waals surface area contributed by atoms with Gasteiger partial charge in [0.25, 0.3) is 0 Å². The summed E-state index contributed by atoms with van der Waals surface area (Å²) < 4.78 is 10.3. The second kappa shape index (κ2) is 17.2. The largest absolute Gasteiger partial charge is 0 e. The third-order valence-corrected chi connectivity index (χ3v) is 15.2. The van der Waals surface area contributed by atoms with E-state index in [0.717, 1.165) is 67.0 Å². The van der Waals surface area contributed by atoms with Crippen molar-refractivity contribution >= 4 is 50.8 Å². The quantitative estimate of drug-likeness (QED) is 0.123. The molecule has 0 unspecified atom stereocenters. The van der Waals surface area contributed by atoms with Crippen LogP contribution in [-0.4, -0.2) is 32.8 Å². The first-order valence-corrected chi connectivity index (χ1v) is 27.8. The Balaban J connectivity index is 0.000000255. The first-order valence-electron chi connectivity index (χ1n) is 20.4. The predicted molar refractivity (Wildman–Crippen MR) is 251 cm³/mol. The molecular weight excluding hydrogens is 985 g/mol. The molecule has 10 aromatic rings. The number of hydrogen-bond acceptors (Lipinski definition) is 4. The van der Waals surface area contributed by atoms with E-state index in [-0.39, 0.29) is 25.5 Å². The van der Waals surface area contributed by atoms with E-state index >= 15 is 0 Å². The molecule has 4 aromatic heterocycles. The van der Waals surface area contributed by atoms with E-state index < -0.39 is 13.3 Å². The minimum atomic E-state index is -1.72. The second-order valence-electron chi connectivity index (χ2n) is 17.2. The molecule has 0 saturated carbocycles. The molecule has 0 bridgehead atoms. The van der Waals surface area contributed by atoms with E-state index in [4.69, 9.17) is 14.4 Å². The molecule has 0 N–H and O–H groups in total. The first kappa shape index (κ1) is 41.8. The van der Waals surface area contributed by atoms with Crippen LogP contribution in [0.4, 0.5) is 0 Å². The van der Waals surface area contributed by atoms with Crippen LogP contribution in [0.5, 0.6) is 0 Å². The number of pyridine rings is 2. The standard InChI is InChI=1S/C40H30N3O.C14H16GeN.Ir/c1-40(2,3)32-25-28(26-13-6-4-7-14-26)21-24-35(32)43-36-20-11-10-19-34(36)41-38(43)31-18-12-17-29-30-22-23-33(27-15-8-5-9-16-27)42-39(30)44-37(29)31;1-15(2,3)13-9-10-14(16-11-13)12-7-5-4-6-8-12;/h4-17,19-25H,1-3H3;4-7,9-11H,1-3H3;/q2*-1;. The molecule has 4 heterocycles. The van der Waals surface area contributed by atoms with Crippen LogP contribution in [0, 0.1) is 12.1 Å². The summed E-state index contributed by atoms with van der Waals surface area (Å²) in [7, 11) is 0. The zero-order valence-corrected chi connectivity index (χ0v) is 39.7. The third kappa shape index (κ3) is 8.54. The molecule has 0 aliphatic carbocycles. The molecule has 7 heteroatoms. The minimum Gasteiger partial charge on any atom is 0 e. The molecule has 61 heavy (non-hydrogen) atoms. The molecule has 10 rings (SSSR count). The fraction of sp³-hybridized carbons (Fsp3) is 0.130. The van der Waals surface area contributed by atoms with E-state index in [9.17, 15) is 0 Å². The summed E-state index contributed by atoms with van der Waals surface area (Å²) in [5.41, 5.74) is 12.7. The van der Waals surface area contributed by atoms with Crippen molar-refractivity contribution in [3.8, 4) is 50.7 Å². The van der Waals surface area contributed by atoms with Gasteiger partial charge in [-0.1, -0.05) is 111 Å². The van der Waals surface area contributed by atoms with E-state index in [1.54, 1.807) is 0 Å². The number of para-hydroxylation sites is 2. The predicted octanol–water partition coefficient (Wildman–Crippen LogP) is 13.5. The number of hydrogen-bond donors (Lipinski definition) is 0. The number of rotatable bonds is 6. The van der Waals surface area contributed by atoms with Crippen LogP contribution >= 0.6 is 0 Å². The van der Waals surface area contributed by atoms with Crippen molar-refractivity contribution in [2.24, 2.45) is 0 Å². The van der Waals surface area contributed by atoms with Crippen molar-refractivity contribution in [3.05, 3.63) is 188 Å². The van der Waals surface area contributed by atoms with Gasteiger partial charge in [0, 0.05) is 36.7 Å². The second-order valence-corrected chi connectivity index (χ2v) is 27.8. The molecule has 0 atom stereocenters. The number of nitrogens with zero attached hydrogens (tertiary/aromatic N) is 4. The molecule has 0 aliphatic heterocycles. The van der Waals surface area contributed by atoms with E-state index in [2.05, 4.69) is 169 Å². The van der Waals surface area contributed by atoms with Gasteiger partial charge in [0.2, 0.25) is 5.71 Å². The van der Waals surface area contributed by atoms with Gasteiger partial charge in [0.1, 0.15) is 0 Å². The molecule has 0 spiro atoms. The third-order valence-electron chi connectivity index (χ3n) is 10.9. The fourth-order valence-corrected chi connectivity index (χ4v) is 9.86. The SMILES string of the molecule is CC(C)(C)c1cc(-c2ccccc2)ccc1-n1c(-c2[c-]ccc3c2oc2nc(-c4ccccc4)ccc23)nc2ccccc21.[CH3][Ge]([CH3])([CH3])[c]1ccc(-c2[c-]cccc2)nc1.[Ir]. The Bertz CT molecular complexity index is 3090. The maximum absolute atomic E-state index is 6.57. The van der Waals surface area contributed by atoms with Crippen molar-refractivity contribution < 1.29 is 24.5 Å². The fourth-order valence-electron chi connectivity index (χ4n) is 7.69. The molecular formula is C54H46GeIrN4O-2. The van der Waals surface area contributed by atoms with Crippen molar-refractivity contribution in [3.63, 3.8) is 0 Å². The summed E-state index contributed by atoms with van der Waals surface area (Å²) in [5.74, 6) is 7.93. The van der Waals surface area contributed by atoms with Crippen LogP contribution < -0.4 is 4.40 Å². The molecule has 303 valence electrons.